The first kappa shape index (κ1) is 12.5. The van der Waals surface area contributed by atoms with Gasteiger partial charge in [-0.25, -0.2) is 9.97 Å². The first-order valence-electron chi connectivity index (χ1n) is 6.49. The highest BCUT2D eigenvalue weighted by atomic mass is 15.2. The Labute approximate surface area is 103 Å². The number of likely N-dealkylation sites (tertiary alicyclic amines) is 1. The zero-order chi connectivity index (χ0) is 12.1. The maximum absolute atomic E-state index is 4.38. The predicted molar refractivity (Wildman–Crippen MR) is 68.7 cm³/mol. The van der Waals surface area contributed by atoms with Gasteiger partial charge in [-0.3, -0.25) is 4.90 Å². The standard InChI is InChI=1S/C13H22N4/c1-11(17-7-3-4-8-17)9-14-10-13-5-6-15-12(2)16-13/h5-6,11,14H,3-4,7-10H2,1-2H3. The smallest absolute Gasteiger partial charge is 0.125 e. The highest BCUT2D eigenvalue weighted by molar-refractivity contribution is 5.01. The van der Waals surface area contributed by atoms with Crippen LogP contribution in [-0.2, 0) is 6.54 Å². The van der Waals surface area contributed by atoms with Crippen LogP contribution in [0.15, 0.2) is 12.3 Å². The van der Waals surface area contributed by atoms with Gasteiger partial charge in [0.2, 0.25) is 0 Å². The topological polar surface area (TPSA) is 41.1 Å². The van der Waals surface area contributed by atoms with Gasteiger partial charge in [0, 0.05) is 25.3 Å². The summed E-state index contributed by atoms with van der Waals surface area (Å²) in [4.78, 5) is 11.0. The van der Waals surface area contributed by atoms with E-state index in [1.54, 1.807) is 0 Å². The highest BCUT2D eigenvalue weighted by Gasteiger charge is 2.17. The number of aryl methyl sites for hydroxylation is 1. The summed E-state index contributed by atoms with van der Waals surface area (Å²) in [5, 5.41) is 3.47. The molecule has 1 aromatic rings. The summed E-state index contributed by atoms with van der Waals surface area (Å²) < 4.78 is 0. The minimum absolute atomic E-state index is 0.625. The SMILES string of the molecule is Cc1nccc(CNCC(C)N2CCCC2)n1. The second-order valence-electron chi connectivity index (χ2n) is 4.82. The van der Waals surface area contributed by atoms with Crippen LogP contribution in [0, 0.1) is 6.92 Å². The van der Waals surface area contributed by atoms with Crippen molar-refractivity contribution in [2.45, 2.75) is 39.3 Å². The summed E-state index contributed by atoms with van der Waals surface area (Å²) in [6, 6.07) is 2.60. The van der Waals surface area contributed by atoms with E-state index in [4.69, 9.17) is 0 Å². The van der Waals surface area contributed by atoms with Crippen molar-refractivity contribution in [3.63, 3.8) is 0 Å². The lowest BCUT2D eigenvalue weighted by Crippen LogP contribution is -2.38. The minimum Gasteiger partial charge on any atom is -0.310 e. The molecule has 0 saturated carbocycles. The van der Waals surface area contributed by atoms with E-state index < -0.39 is 0 Å². The van der Waals surface area contributed by atoms with Gasteiger partial charge in [0.1, 0.15) is 5.82 Å². The van der Waals surface area contributed by atoms with E-state index in [1.807, 2.05) is 19.2 Å². The Morgan fingerprint density at radius 1 is 1.41 bits per heavy atom. The number of hydrogen-bond acceptors (Lipinski definition) is 4. The Morgan fingerprint density at radius 2 is 2.18 bits per heavy atom. The van der Waals surface area contributed by atoms with Crippen LogP contribution in [-0.4, -0.2) is 40.5 Å². The molecule has 0 radical (unpaired) electrons. The highest BCUT2D eigenvalue weighted by Crippen LogP contribution is 2.10. The normalized spacial score (nSPS) is 18.5. The van der Waals surface area contributed by atoms with Crippen molar-refractivity contribution < 1.29 is 0 Å². The summed E-state index contributed by atoms with van der Waals surface area (Å²) in [5.74, 6) is 0.844. The summed E-state index contributed by atoms with van der Waals surface area (Å²) in [6.07, 6.45) is 4.54. The van der Waals surface area contributed by atoms with Gasteiger partial charge in [0.25, 0.3) is 0 Å². The van der Waals surface area contributed by atoms with Gasteiger partial charge in [-0.1, -0.05) is 0 Å². The van der Waals surface area contributed by atoms with Gasteiger partial charge in [-0.05, 0) is 45.8 Å². The molecule has 0 amide bonds. The third-order valence-electron chi connectivity index (χ3n) is 3.34. The van der Waals surface area contributed by atoms with Gasteiger partial charge in [0.05, 0.1) is 5.69 Å². The molecule has 1 N–H and O–H groups in total. The van der Waals surface area contributed by atoms with Gasteiger partial charge in [-0.2, -0.15) is 0 Å². The molecule has 1 aliphatic rings. The molecule has 2 heterocycles. The molecule has 1 atom stereocenters. The van der Waals surface area contributed by atoms with Gasteiger partial charge < -0.3 is 5.32 Å². The molecule has 17 heavy (non-hydrogen) atoms. The van der Waals surface area contributed by atoms with Crippen LogP contribution in [0.2, 0.25) is 0 Å². The average Bonchev–Trinajstić information content (AvgIpc) is 2.82. The monoisotopic (exact) mass is 234 g/mol. The number of hydrogen-bond donors (Lipinski definition) is 1. The molecule has 0 spiro atoms. The van der Waals surface area contributed by atoms with Crippen LogP contribution in [0.25, 0.3) is 0 Å². The summed E-state index contributed by atoms with van der Waals surface area (Å²) in [5.41, 5.74) is 1.08. The van der Waals surface area contributed by atoms with Gasteiger partial charge in [-0.15, -0.1) is 0 Å². The lowest BCUT2D eigenvalue weighted by atomic mass is 10.3. The molecule has 1 aromatic heterocycles. The van der Waals surface area contributed by atoms with Gasteiger partial charge >= 0.3 is 0 Å². The van der Waals surface area contributed by atoms with Crippen LogP contribution in [0.5, 0.6) is 0 Å². The van der Waals surface area contributed by atoms with Crippen LogP contribution in [0.3, 0.4) is 0 Å². The largest absolute Gasteiger partial charge is 0.310 e. The minimum atomic E-state index is 0.625. The van der Waals surface area contributed by atoms with Crippen molar-refractivity contribution in [1.82, 2.24) is 20.2 Å². The molecule has 2 rings (SSSR count). The number of nitrogens with zero attached hydrogens (tertiary/aromatic N) is 3. The number of rotatable bonds is 5. The fraction of sp³-hybridized carbons (Fsp3) is 0.692. The zero-order valence-corrected chi connectivity index (χ0v) is 10.8. The van der Waals surface area contributed by atoms with Crippen molar-refractivity contribution in [3.05, 3.63) is 23.8 Å². The van der Waals surface area contributed by atoms with E-state index >= 15 is 0 Å². The summed E-state index contributed by atoms with van der Waals surface area (Å²) in [7, 11) is 0. The quantitative estimate of drug-likeness (QED) is 0.835. The third-order valence-corrected chi connectivity index (χ3v) is 3.34. The van der Waals surface area contributed by atoms with Crippen molar-refractivity contribution >= 4 is 0 Å². The van der Waals surface area contributed by atoms with Crippen LogP contribution in [0.4, 0.5) is 0 Å². The molecule has 4 heteroatoms. The second kappa shape index (κ2) is 6.07. The van der Waals surface area contributed by atoms with Crippen molar-refractivity contribution in [3.8, 4) is 0 Å². The molecular weight excluding hydrogens is 212 g/mol. The van der Waals surface area contributed by atoms with Crippen molar-refractivity contribution in [1.29, 1.82) is 0 Å². The fourth-order valence-corrected chi connectivity index (χ4v) is 2.32. The molecule has 0 bridgehead atoms. The number of nitrogens with one attached hydrogen (secondary N) is 1. The third kappa shape index (κ3) is 3.75. The average molecular weight is 234 g/mol. The Bertz CT molecular complexity index is 347. The Kier molecular flexibility index (Phi) is 4.45. The maximum Gasteiger partial charge on any atom is 0.125 e. The van der Waals surface area contributed by atoms with E-state index in [0.29, 0.717) is 6.04 Å². The first-order valence-corrected chi connectivity index (χ1v) is 6.49. The summed E-state index contributed by atoms with van der Waals surface area (Å²) in [6.45, 7) is 8.61. The lowest BCUT2D eigenvalue weighted by molar-refractivity contribution is 0.251. The fourth-order valence-electron chi connectivity index (χ4n) is 2.32. The molecule has 0 aromatic carbocycles. The van der Waals surface area contributed by atoms with Crippen LogP contribution in [0.1, 0.15) is 31.3 Å². The molecular formula is C13H22N4. The van der Waals surface area contributed by atoms with Crippen LogP contribution >= 0.6 is 0 Å². The predicted octanol–water partition coefficient (Wildman–Crippen LogP) is 1.36. The first-order chi connectivity index (χ1) is 8.25. The van der Waals surface area contributed by atoms with E-state index in [-0.39, 0.29) is 0 Å². The Morgan fingerprint density at radius 3 is 2.88 bits per heavy atom. The van der Waals surface area contributed by atoms with Gasteiger partial charge in [0.15, 0.2) is 0 Å². The Balaban J connectivity index is 1.71. The van der Waals surface area contributed by atoms with Crippen molar-refractivity contribution in [2.75, 3.05) is 19.6 Å². The molecule has 94 valence electrons. The molecule has 4 nitrogen and oxygen atoms in total. The molecule has 1 fully saturated rings. The second-order valence-corrected chi connectivity index (χ2v) is 4.82. The van der Waals surface area contributed by atoms with E-state index in [2.05, 4.69) is 27.1 Å². The maximum atomic E-state index is 4.38. The zero-order valence-electron chi connectivity index (χ0n) is 10.8. The summed E-state index contributed by atoms with van der Waals surface area (Å²) >= 11 is 0. The molecule has 0 aliphatic carbocycles. The molecule has 1 aliphatic heterocycles. The van der Waals surface area contributed by atoms with E-state index in [0.717, 1.165) is 24.6 Å². The van der Waals surface area contributed by atoms with Crippen LogP contribution < -0.4 is 5.32 Å². The molecule has 1 unspecified atom stereocenters. The lowest BCUT2D eigenvalue weighted by Gasteiger charge is -2.23. The van der Waals surface area contributed by atoms with E-state index in [9.17, 15) is 0 Å². The Hall–Kier alpha value is -1.00. The van der Waals surface area contributed by atoms with E-state index in [1.165, 1.54) is 25.9 Å². The number of aromatic nitrogens is 2. The van der Waals surface area contributed by atoms with Crippen molar-refractivity contribution in [2.24, 2.45) is 0 Å². The molecule has 1 saturated heterocycles.